The maximum atomic E-state index is 9.71. The average Bonchev–Trinajstić information content (AvgIpc) is 2.38. The molecule has 100 valence electrons. The first-order valence-corrected chi connectivity index (χ1v) is 6.41. The van der Waals surface area contributed by atoms with E-state index in [-0.39, 0.29) is 11.5 Å². The molecule has 0 bridgehead atoms. The number of rotatable bonds is 4. The molecule has 0 radical (unpaired) electrons. The van der Waals surface area contributed by atoms with Crippen molar-refractivity contribution in [3.63, 3.8) is 0 Å². The monoisotopic (exact) mass is 257 g/mol. The summed E-state index contributed by atoms with van der Waals surface area (Å²) in [5.41, 5.74) is 3.06. The highest BCUT2D eigenvalue weighted by Gasteiger charge is 2.03. The minimum Gasteiger partial charge on any atom is -0.508 e. The van der Waals surface area contributed by atoms with Crippen LogP contribution in [0.1, 0.15) is 30.9 Å². The highest BCUT2D eigenvalue weighted by Crippen LogP contribution is 2.24. The summed E-state index contributed by atoms with van der Waals surface area (Å²) in [5.74, 6) is 0.666. The summed E-state index contributed by atoms with van der Waals surface area (Å²) >= 11 is 0. The van der Waals surface area contributed by atoms with Crippen molar-refractivity contribution in [1.29, 1.82) is 0 Å². The Bertz CT molecular complexity index is 564. The van der Waals surface area contributed by atoms with Crippen LogP contribution in [0, 0.1) is 0 Å². The Hall–Kier alpha value is -2.16. The summed E-state index contributed by atoms with van der Waals surface area (Å²) in [5, 5.41) is 22.2. The van der Waals surface area contributed by atoms with Crippen molar-refractivity contribution in [2.24, 2.45) is 0 Å². The summed E-state index contributed by atoms with van der Waals surface area (Å²) in [6.07, 6.45) is 0. The van der Waals surface area contributed by atoms with Gasteiger partial charge in [0.2, 0.25) is 0 Å². The molecule has 2 aromatic rings. The number of benzene rings is 2. The average molecular weight is 257 g/mol. The van der Waals surface area contributed by atoms with Crippen LogP contribution >= 0.6 is 0 Å². The van der Waals surface area contributed by atoms with Crippen molar-refractivity contribution < 1.29 is 10.2 Å². The van der Waals surface area contributed by atoms with Gasteiger partial charge < -0.3 is 15.5 Å². The molecule has 0 fully saturated rings. The third kappa shape index (κ3) is 3.41. The van der Waals surface area contributed by atoms with Crippen LogP contribution in [0.25, 0.3) is 0 Å². The molecule has 0 heterocycles. The lowest BCUT2D eigenvalue weighted by Crippen LogP contribution is -2.00. The summed E-state index contributed by atoms with van der Waals surface area (Å²) in [6.45, 7) is 4.84. The Morgan fingerprint density at radius 2 is 1.84 bits per heavy atom. The van der Waals surface area contributed by atoms with Gasteiger partial charge in [0.05, 0.1) is 0 Å². The van der Waals surface area contributed by atoms with Crippen LogP contribution < -0.4 is 5.32 Å². The van der Waals surface area contributed by atoms with Crippen molar-refractivity contribution in [3.05, 3.63) is 53.6 Å². The molecule has 0 saturated heterocycles. The molecule has 3 heteroatoms. The molecule has 3 nitrogen and oxygen atoms in total. The van der Waals surface area contributed by atoms with Gasteiger partial charge in [-0.25, -0.2) is 0 Å². The van der Waals surface area contributed by atoms with Gasteiger partial charge in [0.1, 0.15) is 11.5 Å². The fraction of sp³-hybridized carbons (Fsp3) is 0.250. The molecule has 0 spiro atoms. The molecule has 0 aliphatic heterocycles. The Morgan fingerprint density at radius 3 is 2.53 bits per heavy atom. The van der Waals surface area contributed by atoms with E-state index in [0.29, 0.717) is 12.5 Å². The molecule has 0 saturated carbocycles. The summed E-state index contributed by atoms with van der Waals surface area (Å²) in [7, 11) is 0. The van der Waals surface area contributed by atoms with Crippen LogP contribution in [0.3, 0.4) is 0 Å². The lowest BCUT2D eigenvalue weighted by molar-refractivity contribution is 0.446. The number of anilines is 1. The molecule has 2 aromatic carbocycles. The van der Waals surface area contributed by atoms with Crippen LogP contribution in [0.15, 0.2) is 42.5 Å². The largest absolute Gasteiger partial charge is 0.508 e. The van der Waals surface area contributed by atoms with Crippen molar-refractivity contribution in [2.45, 2.75) is 26.3 Å². The number of phenolic OH excluding ortho intramolecular Hbond substituents is 2. The Morgan fingerprint density at radius 1 is 1.05 bits per heavy atom. The first-order valence-electron chi connectivity index (χ1n) is 6.41. The molecule has 3 N–H and O–H groups in total. The second-order valence-corrected chi connectivity index (χ2v) is 4.95. The predicted molar refractivity (Wildman–Crippen MR) is 77.6 cm³/mol. The number of hydrogen-bond acceptors (Lipinski definition) is 3. The fourth-order valence-corrected chi connectivity index (χ4v) is 1.91. The molecular formula is C16H19NO2. The SMILES string of the molecule is CC(C)c1cccc(NCc2ccc(O)cc2O)c1. The highest BCUT2D eigenvalue weighted by molar-refractivity contribution is 5.48. The Balaban J connectivity index is 2.08. The quantitative estimate of drug-likeness (QED) is 0.780. The van der Waals surface area contributed by atoms with Crippen LogP contribution in [-0.2, 0) is 6.54 Å². The van der Waals surface area contributed by atoms with E-state index < -0.39 is 0 Å². The van der Waals surface area contributed by atoms with E-state index in [4.69, 9.17) is 0 Å². The van der Waals surface area contributed by atoms with E-state index in [2.05, 4.69) is 31.3 Å². The molecule has 0 unspecified atom stereocenters. The highest BCUT2D eigenvalue weighted by atomic mass is 16.3. The van der Waals surface area contributed by atoms with Crippen molar-refractivity contribution in [1.82, 2.24) is 0 Å². The second-order valence-electron chi connectivity index (χ2n) is 4.95. The summed E-state index contributed by atoms with van der Waals surface area (Å²) in [6, 6.07) is 12.9. The molecular weight excluding hydrogens is 238 g/mol. The molecule has 0 aliphatic rings. The standard InChI is InChI=1S/C16H19NO2/c1-11(2)12-4-3-5-14(8-12)17-10-13-6-7-15(18)9-16(13)19/h3-9,11,17-19H,10H2,1-2H3. The van der Waals surface area contributed by atoms with Gasteiger partial charge in [-0.05, 0) is 35.7 Å². The minimum absolute atomic E-state index is 0.0723. The molecule has 0 aliphatic carbocycles. The van der Waals surface area contributed by atoms with Crippen LogP contribution in [-0.4, -0.2) is 10.2 Å². The molecule has 19 heavy (non-hydrogen) atoms. The minimum atomic E-state index is 0.0723. The zero-order valence-electron chi connectivity index (χ0n) is 11.2. The van der Waals surface area contributed by atoms with E-state index in [9.17, 15) is 10.2 Å². The molecule has 0 atom stereocenters. The van der Waals surface area contributed by atoms with E-state index in [0.717, 1.165) is 11.3 Å². The first kappa shape index (κ1) is 13.3. The zero-order valence-corrected chi connectivity index (χ0v) is 11.2. The number of hydrogen-bond donors (Lipinski definition) is 3. The second kappa shape index (κ2) is 5.65. The molecule has 2 rings (SSSR count). The first-order chi connectivity index (χ1) is 9.06. The maximum Gasteiger partial charge on any atom is 0.124 e. The van der Waals surface area contributed by atoms with Crippen molar-refractivity contribution >= 4 is 5.69 Å². The number of nitrogens with one attached hydrogen (secondary N) is 1. The third-order valence-corrected chi connectivity index (χ3v) is 3.11. The smallest absolute Gasteiger partial charge is 0.124 e. The van der Waals surface area contributed by atoms with E-state index in [1.165, 1.54) is 11.6 Å². The number of phenols is 2. The van der Waals surface area contributed by atoms with Crippen LogP contribution in [0.5, 0.6) is 11.5 Å². The number of aromatic hydroxyl groups is 2. The van der Waals surface area contributed by atoms with Gasteiger partial charge in [0.25, 0.3) is 0 Å². The lowest BCUT2D eigenvalue weighted by atomic mass is 10.0. The maximum absolute atomic E-state index is 9.71. The van der Waals surface area contributed by atoms with Gasteiger partial charge in [0, 0.05) is 23.9 Å². The Kier molecular flexibility index (Phi) is 3.95. The normalized spacial score (nSPS) is 10.7. The van der Waals surface area contributed by atoms with Gasteiger partial charge in [-0.1, -0.05) is 26.0 Å². The van der Waals surface area contributed by atoms with Crippen molar-refractivity contribution in [2.75, 3.05) is 5.32 Å². The van der Waals surface area contributed by atoms with E-state index in [1.807, 2.05) is 12.1 Å². The van der Waals surface area contributed by atoms with E-state index >= 15 is 0 Å². The zero-order chi connectivity index (χ0) is 13.8. The summed E-state index contributed by atoms with van der Waals surface area (Å²) in [4.78, 5) is 0. The van der Waals surface area contributed by atoms with Gasteiger partial charge in [-0.2, -0.15) is 0 Å². The topological polar surface area (TPSA) is 52.5 Å². The van der Waals surface area contributed by atoms with Gasteiger partial charge in [-0.15, -0.1) is 0 Å². The lowest BCUT2D eigenvalue weighted by Gasteiger charge is -2.11. The van der Waals surface area contributed by atoms with Crippen molar-refractivity contribution in [3.8, 4) is 11.5 Å². The van der Waals surface area contributed by atoms with Gasteiger partial charge in [0.15, 0.2) is 0 Å². The third-order valence-electron chi connectivity index (χ3n) is 3.11. The van der Waals surface area contributed by atoms with Gasteiger partial charge >= 0.3 is 0 Å². The molecule has 0 amide bonds. The molecule has 0 aromatic heterocycles. The van der Waals surface area contributed by atoms with E-state index in [1.54, 1.807) is 12.1 Å². The van der Waals surface area contributed by atoms with Gasteiger partial charge in [-0.3, -0.25) is 0 Å². The Labute approximate surface area is 113 Å². The fourth-order valence-electron chi connectivity index (χ4n) is 1.91. The van der Waals surface area contributed by atoms with Crippen LogP contribution in [0.4, 0.5) is 5.69 Å². The van der Waals surface area contributed by atoms with Crippen LogP contribution in [0.2, 0.25) is 0 Å². The predicted octanol–water partition coefficient (Wildman–Crippen LogP) is 3.83. The summed E-state index contributed by atoms with van der Waals surface area (Å²) < 4.78 is 0.